The van der Waals surface area contributed by atoms with Gasteiger partial charge in [0.25, 0.3) is 0 Å². The number of phenols is 1. The van der Waals surface area contributed by atoms with E-state index in [-0.39, 0.29) is 23.8 Å². The van der Waals surface area contributed by atoms with E-state index in [1.807, 2.05) is 30.3 Å². The molecule has 2 saturated heterocycles. The monoisotopic (exact) mass is 488 g/mol. The zero-order valence-electron chi connectivity index (χ0n) is 19.5. The summed E-state index contributed by atoms with van der Waals surface area (Å²) >= 11 is 6.08. The van der Waals surface area contributed by atoms with Crippen molar-refractivity contribution in [1.29, 1.82) is 0 Å². The number of aliphatic hydroxyl groups excluding tert-OH is 1. The highest BCUT2D eigenvalue weighted by molar-refractivity contribution is 6.30. The number of halogens is 1. The lowest BCUT2D eigenvalue weighted by Crippen LogP contribution is -2.51. The number of nitrogens with zero attached hydrogens (tertiary/aromatic N) is 2. The molecule has 3 aliphatic heterocycles. The smallest absolute Gasteiger partial charge is 0.226 e. The fraction of sp³-hybridized carbons (Fsp3) is 0.345. The highest BCUT2D eigenvalue weighted by atomic mass is 35.5. The van der Waals surface area contributed by atoms with Crippen molar-refractivity contribution in [2.45, 2.75) is 56.2 Å². The predicted octanol–water partition coefficient (Wildman–Crippen LogP) is 5.94. The summed E-state index contributed by atoms with van der Waals surface area (Å²) in [5, 5.41) is 22.5. The average Bonchev–Trinajstić information content (AvgIpc) is 3.07. The van der Waals surface area contributed by atoms with Crippen LogP contribution in [0.4, 0.5) is 0 Å². The number of aromatic hydroxyl groups is 1. The van der Waals surface area contributed by atoms with E-state index in [4.69, 9.17) is 16.3 Å². The van der Waals surface area contributed by atoms with Crippen LogP contribution in [0.15, 0.2) is 66.9 Å². The molecule has 2 bridgehead atoms. The van der Waals surface area contributed by atoms with E-state index in [0.29, 0.717) is 24.1 Å². The van der Waals surface area contributed by atoms with Gasteiger partial charge in [-0.1, -0.05) is 35.9 Å². The van der Waals surface area contributed by atoms with Crippen molar-refractivity contribution in [3.63, 3.8) is 0 Å². The number of aromatic nitrogens is 1. The van der Waals surface area contributed by atoms with Crippen molar-refractivity contribution in [1.82, 2.24) is 9.88 Å². The molecule has 2 N–H and O–H groups in total. The first-order chi connectivity index (χ1) is 17.1. The van der Waals surface area contributed by atoms with Crippen LogP contribution in [-0.4, -0.2) is 44.8 Å². The minimum absolute atomic E-state index is 0.163. The molecule has 4 heterocycles. The molecule has 0 spiro atoms. The first-order valence-electron chi connectivity index (χ1n) is 12.4. The summed E-state index contributed by atoms with van der Waals surface area (Å²) in [7, 11) is 0. The molecule has 0 amide bonds. The number of fused-ring (bicyclic) bond motifs is 4. The second-order valence-electron chi connectivity index (χ2n) is 9.83. The van der Waals surface area contributed by atoms with Crippen LogP contribution in [-0.2, 0) is 6.42 Å². The number of piperidine rings is 1. The highest BCUT2D eigenvalue weighted by Crippen LogP contribution is 2.44. The minimum Gasteiger partial charge on any atom is -0.508 e. The maximum absolute atomic E-state index is 11.3. The third-order valence-corrected chi connectivity index (χ3v) is 8.15. The zero-order chi connectivity index (χ0) is 23.9. The maximum Gasteiger partial charge on any atom is 0.226 e. The predicted molar refractivity (Wildman–Crippen MR) is 137 cm³/mol. The van der Waals surface area contributed by atoms with Crippen LogP contribution in [0.2, 0.25) is 5.02 Å². The number of hydrogen-bond donors (Lipinski definition) is 2. The number of allylic oxidation sites excluding steroid dienone is 1. The van der Waals surface area contributed by atoms with Gasteiger partial charge >= 0.3 is 0 Å². The Bertz CT molecular complexity index is 1260. The topological polar surface area (TPSA) is 65.8 Å². The molecule has 0 radical (unpaired) electrons. The van der Waals surface area contributed by atoms with E-state index < -0.39 is 0 Å². The summed E-state index contributed by atoms with van der Waals surface area (Å²) in [5.74, 6) is 1.63. The summed E-state index contributed by atoms with van der Waals surface area (Å²) in [6, 6.07) is 17.9. The molecule has 6 rings (SSSR count). The van der Waals surface area contributed by atoms with Gasteiger partial charge in [0.1, 0.15) is 11.5 Å². The standard InChI is InChI=1S/C29H29ClN2O3/c30-20-10-8-18(9-11-20)23-17-21-12-13-25(28(23)34)32(21)15-3-4-19-16-24-26(33)6-1-7-27(24)35-29-22(19)5-2-14-31-29/h1-2,4-11,14,21,23,25,28,33-34H,3,12-13,15-17H2. The molecule has 2 fully saturated rings. The van der Waals surface area contributed by atoms with Crippen molar-refractivity contribution in [2.24, 2.45) is 0 Å². The van der Waals surface area contributed by atoms with Crippen molar-refractivity contribution in [3.8, 4) is 17.4 Å². The normalized spacial score (nSPS) is 26.6. The molecule has 0 aliphatic carbocycles. The fourth-order valence-corrected chi connectivity index (χ4v) is 6.31. The molecule has 6 heteroatoms. The number of ether oxygens (including phenoxy) is 1. The van der Waals surface area contributed by atoms with Crippen molar-refractivity contribution < 1.29 is 14.9 Å². The Morgan fingerprint density at radius 1 is 1.09 bits per heavy atom. The molecule has 4 unspecified atom stereocenters. The van der Waals surface area contributed by atoms with Crippen molar-refractivity contribution in [3.05, 3.63) is 88.6 Å². The molecular formula is C29H29ClN2O3. The van der Waals surface area contributed by atoms with Gasteiger partial charge in [0, 0.05) is 53.3 Å². The molecular weight excluding hydrogens is 460 g/mol. The lowest BCUT2D eigenvalue weighted by Gasteiger charge is -2.42. The summed E-state index contributed by atoms with van der Waals surface area (Å²) < 4.78 is 6.07. The van der Waals surface area contributed by atoms with Gasteiger partial charge < -0.3 is 14.9 Å². The zero-order valence-corrected chi connectivity index (χ0v) is 20.2. The van der Waals surface area contributed by atoms with Crippen LogP contribution in [0.25, 0.3) is 5.57 Å². The van der Waals surface area contributed by atoms with E-state index in [2.05, 4.69) is 28.1 Å². The SMILES string of the molecule is Oc1cccc2c1CC(=CCCN1C3CCC1C(O)C(c1ccc(Cl)cc1)C3)c1cccnc1O2. The van der Waals surface area contributed by atoms with E-state index in [1.165, 1.54) is 5.56 Å². The van der Waals surface area contributed by atoms with Gasteiger partial charge in [-0.2, -0.15) is 0 Å². The second kappa shape index (κ2) is 9.30. The van der Waals surface area contributed by atoms with Crippen LogP contribution in [0.3, 0.4) is 0 Å². The number of benzene rings is 2. The number of phenolic OH excluding ortho intramolecular Hbond substituents is 1. The third kappa shape index (κ3) is 4.22. The molecule has 5 nitrogen and oxygen atoms in total. The lowest BCUT2D eigenvalue weighted by molar-refractivity contribution is -0.00171. The number of aliphatic hydroxyl groups is 1. The third-order valence-electron chi connectivity index (χ3n) is 7.90. The molecule has 2 aromatic carbocycles. The van der Waals surface area contributed by atoms with Gasteiger partial charge in [-0.3, -0.25) is 4.90 Å². The molecule has 35 heavy (non-hydrogen) atoms. The number of hydrogen-bond acceptors (Lipinski definition) is 5. The molecule has 3 aliphatic rings. The molecule has 3 aromatic rings. The van der Waals surface area contributed by atoms with Crippen LogP contribution in [0.5, 0.6) is 17.4 Å². The van der Waals surface area contributed by atoms with E-state index in [0.717, 1.165) is 54.0 Å². The molecule has 0 saturated carbocycles. The first kappa shape index (κ1) is 22.6. The van der Waals surface area contributed by atoms with E-state index >= 15 is 0 Å². The molecule has 1 aromatic heterocycles. The Kier molecular flexibility index (Phi) is 6.01. The van der Waals surface area contributed by atoms with Crippen LogP contribution in [0.1, 0.15) is 48.3 Å². The molecule has 4 atom stereocenters. The van der Waals surface area contributed by atoms with E-state index in [1.54, 1.807) is 18.3 Å². The van der Waals surface area contributed by atoms with Crippen LogP contribution >= 0.6 is 11.6 Å². The average molecular weight is 489 g/mol. The summed E-state index contributed by atoms with van der Waals surface area (Å²) in [6.45, 7) is 0.896. The van der Waals surface area contributed by atoms with Gasteiger partial charge in [0.15, 0.2) is 0 Å². The van der Waals surface area contributed by atoms with E-state index in [9.17, 15) is 10.2 Å². The Labute approximate surface area is 210 Å². The number of pyridine rings is 1. The van der Waals surface area contributed by atoms with Gasteiger partial charge in [-0.25, -0.2) is 4.98 Å². The largest absolute Gasteiger partial charge is 0.508 e. The fourth-order valence-electron chi connectivity index (χ4n) is 6.18. The van der Waals surface area contributed by atoms with Crippen LogP contribution in [0, 0.1) is 0 Å². The minimum atomic E-state index is -0.373. The lowest BCUT2D eigenvalue weighted by atomic mass is 9.82. The maximum atomic E-state index is 11.3. The number of rotatable bonds is 4. The molecule has 180 valence electrons. The van der Waals surface area contributed by atoms with Gasteiger partial charge in [-0.05, 0) is 73.2 Å². The Morgan fingerprint density at radius 2 is 1.94 bits per heavy atom. The second-order valence-corrected chi connectivity index (χ2v) is 10.3. The quantitative estimate of drug-likeness (QED) is 0.475. The van der Waals surface area contributed by atoms with Gasteiger partial charge in [0.05, 0.1) is 6.10 Å². The Hall–Kier alpha value is -2.86. The summed E-state index contributed by atoms with van der Waals surface area (Å²) in [4.78, 5) is 6.96. The van der Waals surface area contributed by atoms with Crippen LogP contribution < -0.4 is 4.74 Å². The highest BCUT2D eigenvalue weighted by Gasteiger charge is 2.46. The van der Waals surface area contributed by atoms with Crippen molar-refractivity contribution in [2.75, 3.05) is 6.54 Å². The van der Waals surface area contributed by atoms with Gasteiger partial charge in [0.2, 0.25) is 5.88 Å². The summed E-state index contributed by atoms with van der Waals surface area (Å²) in [5.41, 5.74) is 4.04. The Balaban J connectivity index is 1.21. The van der Waals surface area contributed by atoms with Gasteiger partial charge in [-0.15, -0.1) is 0 Å². The first-order valence-corrected chi connectivity index (χ1v) is 12.8. The van der Waals surface area contributed by atoms with Crippen molar-refractivity contribution >= 4 is 17.2 Å². The summed E-state index contributed by atoms with van der Waals surface area (Å²) in [6.07, 6.45) is 8.20. The Morgan fingerprint density at radius 3 is 2.80 bits per heavy atom.